The van der Waals surface area contributed by atoms with Crippen LogP contribution in [0.2, 0.25) is 0 Å². The van der Waals surface area contributed by atoms with Crippen molar-refractivity contribution in [2.75, 3.05) is 5.73 Å². The molecule has 76 valence electrons. The van der Waals surface area contributed by atoms with E-state index in [0.29, 0.717) is 0 Å². The van der Waals surface area contributed by atoms with Gasteiger partial charge in [0.15, 0.2) is 0 Å². The predicted molar refractivity (Wildman–Crippen MR) is 55.4 cm³/mol. The molecule has 15 heavy (non-hydrogen) atoms. The van der Waals surface area contributed by atoms with Crippen molar-refractivity contribution >= 4 is 11.7 Å². The van der Waals surface area contributed by atoms with Crippen molar-refractivity contribution in [3.05, 3.63) is 36.0 Å². The Morgan fingerprint density at radius 3 is 2.73 bits per heavy atom. The van der Waals surface area contributed by atoms with Gasteiger partial charge in [-0.05, 0) is 18.2 Å². The number of anilines is 1. The number of nitrogens with zero attached hydrogens (tertiary/aromatic N) is 1. The molecular formula is C10H9N3O2. The average Bonchev–Trinajstić information content (AvgIpc) is 2.69. The molecule has 0 radical (unpaired) electrons. The fraction of sp³-hybridized carbons (Fsp3) is 0. The smallest absolute Gasteiger partial charge is 0.337 e. The Bertz CT molecular complexity index is 491. The maximum Gasteiger partial charge on any atom is 0.337 e. The third-order valence-electron chi connectivity index (χ3n) is 2.09. The van der Waals surface area contributed by atoms with Crippen molar-refractivity contribution in [1.82, 2.24) is 10.2 Å². The van der Waals surface area contributed by atoms with E-state index in [4.69, 9.17) is 10.8 Å². The average molecular weight is 203 g/mol. The van der Waals surface area contributed by atoms with E-state index in [-0.39, 0.29) is 11.3 Å². The predicted octanol–water partition coefficient (Wildman–Crippen LogP) is 1.36. The Labute approximate surface area is 85.5 Å². The molecule has 0 fully saturated rings. The van der Waals surface area contributed by atoms with Crippen LogP contribution in [0, 0.1) is 0 Å². The van der Waals surface area contributed by atoms with E-state index in [1.54, 1.807) is 24.4 Å². The molecule has 1 aromatic heterocycles. The Balaban J connectivity index is 2.47. The SMILES string of the molecule is Nc1cc(-c2ccn[nH]2)ccc1C(=O)O. The van der Waals surface area contributed by atoms with Crippen molar-refractivity contribution in [3.8, 4) is 11.3 Å². The Morgan fingerprint density at radius 2 is 2.20 bits per heavy atom. The van der Waals surface area contributed by atoms with Gasteiger partial charge in [0.05, 0.1) is 11.3 Å². The zero-order chi connectivity index (χ0) is 10.8. The number of aromatic amines is 1. The first-order valence-electron chi connectivity index (χ1n) is 4.31. The van der Waals surface area contributed by atoms with E-state index in [2.05, 4.69) is 10.2 Å². The molecule has 5 nitrogen and oxygen atoms in total. The van der Waals surface area contributed by atoms with E-state index in [9.17, 15) is 4.79 Å². The molecule has 1 aromatic carbocycles. The van der Waals surface area contributed by atoms with Crippen LogP contribution in [0.3, 0.4) is 0 Å². The summed E-state index contributed by atoms with van der Waals surface area (Å²) in [6.07, 6.45) is 1.62. The fourth-order valence-corrected chi connectivity index (χ4v) is 1.34. The molecule has 1 heterocycles. The highest BCUT2D eigenvalue weighted by Gasteiger charge is 2.08. The number of hydrogen-bond donors (Lipinski definition) is 3. The summed E-state index contributed by atoms with van der Waals surface area (Å²) in [5, 5.41) is 15.4. The Hall–Kier alpha value is -2.30. The van der Waals surface area contributed by atoms with Crippen molar-refractivity contribution in [1.29, 1.82) is 0 Å². The minimum atomic E-state index is -1.02. The van der Waals surface area contributed by atoms with Gasteiger partial charge in [0.2, 0.25) is 0 Å². The lowest BCUT2D eigenvalue weighted by molar-refractivity contribution is 0.0698. The summed E-state index contributed by atoms with van der Waals surface area (Å²) in [5.74, 6) is -1.02. The highest BCUT2D eigenvalue weighted by atomic mass is 16.4. The van der Waals surface area contributed by atoms with Gasteiger partial charge in [0.1, 0.15) is 0 Å². The quantitative estimate of drug-likeness (QED) is 0.642. The third kappa shape index (κ3) is 1.67. The summed E-state index contributed by atoms with van der Waals surface area (Å²) in [5.41, 5.74) is 7.59. The number of carbonyl (C=O) groups is 1. The molecule has 0 spiro atoms. The number of aromatic carboxylic acids is 1. The molecule has 0 aliphatic heterocycles. The molecule has 2 rings (SSSR count). The second-order valence-electron chi connectivity index (χ2n) is 3.08. The maximum atomic E-state index is 10.7. The standard InChI is InChI=1S/C10H9N3O2/c11-8-5-6(9-3-4-12-13-9)1-2-7(8)10(14)15/h1-5H,11H2,(H,12,13)(H,14,15). The number of hydrogen-bond acceptors (Lipinski definition) is 3. The van der Waals surface area contributed by atoms with Crippen LogP contribution < -0.4 is 5.73 Å². The van der Waals surface area contributed by atoms with Crippen molar-refractivity contribution in [2.45, 2.75) is 0 Å². The number of rotatable bonds is 2. The fourth-order valence-electron chi connectivity index (χ4n) is 1.34. The maximum absolute atomic E-state index is 10.7. The normalized spacial score (nSPS) is 10.1. The zero-order valence-electron chi connectivity index (χ0n) is 7.77. The second-order valence-corrected chi connectivity index (χ2v) is 3.08. The van der Waals surface area contributed by atoms with E-state index < -0.39 is 5.97 Å². The summed E-state index contributed by atoms with van der Waals surface area (Å²) in [6, 6.07) is 6.56. The van der Waals surface area contributed by atoms with Gasteiger partial charge in [-0.3, -0.25) is 5.10 Å². The molecule has 0 unspecified atom stereocenters. The first-order valence-corrected chi connectivity index (χ1v) is 4.31. The van der Waals surface area contributed by atoms with Gasteiger partial charge >= 0.3 is 5.97 Å². The lowest BCUT2D eigenvalue weighted by atomic mass is 10.1. The number of aromatic nitrogens is 2. The molecular weight excluding hydrogens is 194 g/mol. The minimum Gasteiger partial charge on any atom is -0.478 e. The minimum absolute atomic E-state index is 0.110. The van der Waals surface area contributed by atoms with Crippen LogP contribution in [-0.4, -0.2) is 21.3 Å². The lowest BCUT2D eigenvalue weighted by Gasteiger charge is -2.03. The van der Waals surface area contributed by atoms with Crippen LogP contribution in [-0.2, 0) is 0 Å². The van der Waals surface area contributed by atoms with Gasteiger partial charge in [0, 0.05) is 17.4 Å². The van der Waals surface area contributed by atoms with Crippen molar-refractivity contribution in [3.63, 3.8) is 0 Å². The van der Waals surface area contributed by atoms with E-state index >= 15 is 0 Å². The van der Waals surface area contributed by atoms with Gasteiger partial charge in [-0.15, -0.1) is 0 Å². The van der Waals surface area contributed by atoms with Crippen molar-refractivity contribution < 1.29 is 9.90 Å². The van der Waals surface area contributed by atoms with Crippen molar-refractivity contribution in [2.24, 2.45) is 0 Å². The molecule has 0 bridgehead atoms. The third-order valence-corrected chi connectivity index (χ3v) is 2.09. The summed E-state index contributed by atoms with van der Waals surface area (Å²) >= 11 is 0. The van der Waals surface area contributed by atoms with Crippen LogP contribution in [0.25, 0.3) is 11.3 Å². The van der Waals surface area contributed by atoms with Crippen LogP contribution >= 0.6 is 0 Å². The molecule has 5 heteroatoms. The molecule has 2 aromatic rings. The summed E-state index contributed by atoms with van der Waals surface area (Å²) in [6.45, 7) is 0. The first kappa shape index (κ1) is 9.26. The largest absolute Gasteiger partial charge is 0.478 e. The molecule has 0 saturated carbocycles. The Morgan fingerprint density at radius 1 is 1.40 bits per heavy atom. The van der Waals surface area contributed by atoms with Crippen LogP contribution in [0.5, 0.6) is 0 Å². The number of carboxylic acid groups (broad SMARTS) is 1. The summed E-state index contributed by atoms with van der Waals surface area (Å²) in [7, 11) is 0. The highest BCUT2D eigenvalue weighted by Crippen LogP contribution is 2.21. The number of benzene rings is 1. The molecule has 0 amide bonds. The van der Waals surface area contributed by atoms with Crippen LogP contribution in [0.4, 0.5) is 5.69 Å². The topological polar surface area (TPSA) is 92.0 Å². The van der Waals surface area contributed by atoms with Crippen LogP contribution in [0.15, 0.2) is 30.5 Å². The van der Waals surface area contributed by atoms with E-state index in [0.717, 1.165) is 11.3 Å². The number of carboxylic acids is 1. The molecule has 0 saturated heterocycles. The molecule has 4 N–H and O–H groups in total. The number of nitrogens with one attached hydrogen (secondary N) is 1. The van der Waals surface area contributed by atoms with Gasteiger partial charge in [-0.2, -0.15) is 5.10 Å². The molecule has 0 aliphatic rings. The highest BCUT2D eigenvalue weighted by molar-refractivity contribution is 5.94. The van der Waals surface area contributed by atoms with E-state index in [1.807, 2.05) is 0 Å². The van der Waals surface area contributed by atoms with Gasteiger partial charge in [-0.1, -0.05) is 6.07 Å². The zero-order valence-corrected chi connectivity index (χ0v) is 7.77. The summed E-state index contributed by atoms with van der Waals surface area (Å²) in [4.78, 5) is 10.7. The number of nitrogen functional groups attached to an aromatic ring is 1. The molecule has 0 atom stereocenters. The van der Waals surface area contributed by atoms with Crippen LogP contribution in [0.1, 0.15) is 10.4 Å². The summed E-state index contributed by atoms with van der Waals surface area (Å²) < 4.78 is 0. The van der Waals surface area contributed by atoms with Gasteiger partial charge in [0.25, 0.3) is 0 Å². The van der Waals surface area contributed by atoms with E-state index in [1.165, 1.54) is 6.07 Å². The monoisotopic (exact) mass is 203 g/mol. The first-order chi connectivity index (χ1) is 7.18. The number of nitrogens with two attached hydrogens (primary N) is 1. The van der Waals surface area contributed by atoms with Gasteiger partial charge in [-0.25, -0.2) is 4.79 Å². The molecule has 0 aliphatic carbocycles. The second kappa shape index (κ2) is 3.45. The lowest BCUT2D eigenvalue weighted by Crippen LogP contribution is -2.02. The van der Waals surface area contributed by atoms with Gasteiger partial charge < -0.3 is 10.8 Å². The number of H-pyrrole nitrogens is 1. The Kier molecular flexibility index (Phi) is 2.13.